The minimum absolute atomic E-state index is 0.00866. The van der Waals surface area contributed by atoms with Crippen LogP contribution in [0, 0.1) is 0 Å². The molecule has 1 fully saturated rings. The van der Waals surface area contributed by atoms with Crippen LogP contribution in [0.2, 0.25) is 0 Å². The smallest absolute Gasteiger partial charge is 0.246 e. The topological polar surface area (TPSA) is 38.3 Å². The zero-order chi connectivity index (χ0) is 9.52. The van der Waals surface area contributed by atoms with Gasteiger partial charge in [0, 0.05) is 18.4 Å². The van der Waals surface area contributed by atoms with Crippen LogP contribution >= 0.6 is 11.8 Å². The van der Waals surface area contributed by atoms with Crippen LogP contribution in [0.25, 0.3) is 0 Å². The maximum Gasteiger partial charge on any atom is 0.246 e. The van der Waals surface area contributed by atoms with Gasteiger partial charge in [0.05, 0.1) is 0 Å². The normalized spacial score (nSPS) is 21.8. The van der Waals surface area contributed by atoms with Crippen LogP contribution in [-0.4, -0.2) is 36.7 Å². The minimum Gasteiger partial charge on any atom is -0.372 e. The molecule has 1 rings (SSSR count). The number of carbonyl (C=O) groups is 1. The van der Waals surface area contributed by atoms with Crippen molar-refractivity contribution in [3.05, 3.63) is 0 Å². The van der Waals surface area contributed by atoms with Gasteiger partial charge in [-0.1, -0.05) is 0 Å². The van der Waals surface area contributed by atoms with Crippen LogP contribution in [0.5, 0.6) is 0 Å². The Balaban J connectivity index is 2.00. The number of hydrogen-bond donors (Lipinski definition) is 1. The summed E-state index contributed by atoms with van der Waals surface area (Å²) in [5, 5.41) is 3.50. The Bertz CT molecular complexity index is 158. The third-order valence-electron chi connectivity index (χ3n) is 1.99. The van der Waals surface area contributed by atoms with Crippen LogP contribution in [0.15, 0.2) is 0 Å². The third kappa shape index (κ3) is 4.52. The predicted molar refractivity (Wildman–Crippen MR) is 55.0 cm³/mol. The molecule has 1 heterocycles. The molecule has 1 N–H and O–H groups in total. The Kier molecular flexibility index (Phi) is 5.23. The molecule has 0 radical (unpaired) electrons. The number of ether oxygens (including phenoxy) is 1. The number of hydrogen-bond acceptors (Lipinski definition) is 3. The van der Waals surface area contributed by atoms with Crippen molar-refractivity contribution in [1.82, 2.24) is 5.32 Å². The van der Waals surface area contributed by atoms with Crippen LogP contribution in [0.1, 0.15) is 19.8 Å². The van der Waals surface area contributed by atoms with Gasteiger partial charge in [0.25, 0.3) is 0 Å². The Morgan fingerprint density at radius 2 is 2.54 bits per heavy atom. The second kappa shape index (κ2) is 6.27. The first kappa shape index (κ1) is 10.9. The fourth-order valence-electron chi connectivity index (χ4n) is 1.28. The van der Waals surface area contributed by atoms with Crippen molar-refractivity contribution in [3.63, 3.8) is 0 Å². The van der Waals surface area contributed by atoms with Gasteiger partial charge in [0.2, 0.25) is 5.91 Å². The number of amides is 1. The molecule has 1 amide bonds. The largest absolute Gasteiger partial charge is 0.372 e. The summed E-state index contributed by atoms with van der Waals surface area (Å²) in [5.74, 6) is 1.25. The molecule has 0 bridgehead atoms. The average molecular weight is 203 g/mol. The molecule has 0 aliphatic carbocycles. The Labute approximate surface area is 83.6 Å². The molecule has 76 valence electrons. The van der Waals surface area contributed by atoms with E-state index in [0.717, 1.165) is 6.54 Å². The van der Waals surface area contributed by atoms with Gasteiger partial charge in [-0.2, -0.15) is 11.8 Å². The summed E-state index contributed by atoms with van der Waals surface area (Å²) in [6.45, 7) is 3.50. The lowest BCUT2D eigenvalue weighted by Crippen LogP contribution is -2.32. The van der Waals surface area contributed by atoms with E-state index >= 15 is 0 Å². The maximum atomic E-state index is 11.1. The second-order valence-corrected chi connectivity index (χ2v) is 4.48. The monoisotopic (exact) mass is 203 g/mol. The van der Waals surface area contributed by atoms with Crippen molar-refractivity contribution >= 4 is 17.7 Å². The molecule has 0 spiro atoms. The highest BCUT2D eigenvalue weighted by atomic mass is 32.2. The van der Waals surface area contributed by atoms with Crippen LogP contribution < -0.4 is 5.32 Å². The van der Waals surface area contributed by atoms with Gasteiger partial charge in [0.1, 0.15) is 6.61 Å². The quantitative estimate of drug-likeness (QED) is 0.725. The van der Waals surface area contributed by atoms with E-state index in [0.29, 0.717) is 11.9 Å². The zero-order valence-electron chi connectivity index (χ0n) is 8.04. The number of rotatable bonds is 5. The van der Waals surface area contributed by atoms with Crippen molar-refractivity contribution < 1.29 is 9.53 Å². The average Bonchev–Trinajstić information content (AvgIpc) is 2.64. The van der Waals surface area contributed by atoms with Gasteiger partial charge in [-0.15, -0.1) is 0 Å². The van der Waals surface area contributed by atoms with Crippen molar-refractivity contribution in [2.75, 3.05) is 25.5 Å². The van der Waals surface area contributed by atoms with Gasteiger partial charge in [0.15, 0.2) is 0 Å². The standard InChI is InChI=1S/C9H17NO2S/c1-2-12-7-9(11)10-6-8-4-3-5-13-8/h8H,2-7H2,1H3,(H,10,11). The van der Waals surface area contributed by atoms with E-state index in [-0.39, 0.29) is 12.5 Å². The Hall–Kier alpha value is -0.220. The van der Waals surface area contributed by atoms with Gasteiger partial charge in [-0.3, -0.25) is 4.79 Å². The zero-order valence-corrected chi connectivity index (χ0v) is 8.86. The second-order valence-electron chi connectivity index (χ2n) is 3.08. The van der Waals surface area contributed by atoms with E-state index in [9.17, 15) is 4.79 Å². The summed E-state index contributed by atoms with van der Waals surface area (Å²) < 4.78 is 4.99. The lowest BCUT2D eigenvalue weighted by molar-refractivity contribution is -0.125. The predicted octanol–water partition coefficient (Wildman–Crippen LogP) is 1.03. The molecule has 0 aromatic heterocycles. The lowest BCUT2D eigenvalue weighted by Gasteiger charge is -2.09. The summed E-state index contributed by atoms with van der Waals surface area (Å²) in [5.41, 5.74) is 0. The third-order valence-corrected chi connectivity index (χ3v) is 3.39. The highest BCUT2D eigenvalue weighted by Crippen LogP contribution is 2.25. The highest BCUT2D eigenvalue weighted by Gasteiger charge is 2.15. The van der Waals surface area contributed by atoms with Gasteiger partial charge in [-0.25, -0.2) is 0 Å². The first-order valence-corrected chi connectivity index (χ1v) is 5.84. The highest BCUT2D eigenvalue weighted by molar-refractivity contribution is 8.00. The molecular weight excluding hydrogens is 186 g/mol. The van der Waals surface area contributed by atoms with E-state index < -0.39 is 0 Å². The first-order valence-electron chi connectivity index (χ1n) is 4.79. The molecule has 1 atom stereocenters. The van der Waals surface area contributed by atoms with Gasteiger partial charge >= 0.3 is 0 Å². The fourth-order valence-corrected chi connectivity index (χ4v) is 2.48. The van der Waals surface area contributed by atoms with Gasteiger partial charge in [-0.05, 0) is 25.5 Å². The van der Waals surface area contributed by atoms with Crippen LogP contribution in [0.3, 0.4) is 0 Å². The van der Waals surface area contributed by atoms with E-state index in [1.54, 1.807) is 0 Å². The fraction of sp³-hybridized carbons (Fsp3) is 0.889. The molecule has 0 aromatic rings. The Morgan fingerprint density at radius 1 is 1.69 bits per heavy atom. The molecule has 1 aliphatic rings. The van der Waals surface area contributed by atoms with Crippen LogP contribution in [-0.2, 0) is 9.53 Å². The summed E-state index contributed by atoms with van der Waals surface area (Å²) >= 11 is 1.95. The molecule has 3 nitrogen and oxygen atoms in total. The molecular formula is C9H17NO2S. The molecule has 0 aromatic carbocycles. The maximum absolute atomic E-state index is 11.1. The minimum atomic E-state index is 0.00866. The summed E-state index contributed by atoms with van der Waals surface area (Å²) in [6.07, 6.45) is 2.52. The molecule has 13 heavy (non-hydrogen) atoms. The molecule has 1 unspecified atom stereocenters. The first-order chi connectivity index (χ1) is 6.33. The summed E-state index contributed by atoms with van der Waals surface area (Å²) in [6, 6.07) is 0. The van der Waals surface area contributed by atoms with E-state index in [1.807, 2.05) is 18.7 Å². The van der Waals surface area contributed by atoms with Crippen molar-refractivity contribution in [2.24, 2.45) is 0 Å². The molecule has 1 aliphatic heterocycles. The van der Waals surface area contributed by atoms with E-state index in [2.05, 4.69) is 5.32 Å². The Morgan fingerprint density at radius 3 is 3.15 bits per heavy atom. The molecule has 1 saturated heterocycles. The lowest BCUT2D eigenvalue weighted by atomic mass is 10.2. The van der Waals surface area contributed by atoms with Crippen molar-refractivity contribution in [1.29, 1.82) is 0 Å². The summed E-state index contributed by atoms with van der Waals surface area (Å²) in [4.78, 5) is 11.1. The van der Waals surface area contributed by atoms with Crippen LogP contribution in [0.4, 0.5) is 0 Å². The number of nitrogens with one attached hydrogen (secondary N) is 1. The van der Waals surface area contributed by atoms with Gasteiger partial charge < -0.3 is 10.1 Å². The molecule has 0 saturated carbocycles. The van der Waals surface area contributed by atoms with E-state index in [1.165, 1.54) is 18.6 Å². The number of thioether (sulfide) groups is 1. The molecule has 4 heteroatoms. The summed E-state index contributed by atoms with van der Waals surface area (Å²) in [7, 11) is 0. The number of carbonyl (C=O) groups excluding carboxylic acids is 1. The van der Waals surface area contributed by atoms with Crippen molar-refractivity contribution in [2.45, 2.75) is 25.0 Å². The van der Waals surface area contributed by atoms with Crippen molar-refractivity contribution in [3.8, 4) is 0 Å². The SMILES string of the molecule is CCOCC(=O)NCC1CCCS1. The van der Waals surface area contributed by atoms with E-state index in [4.69, 9.17) is 4.74 Å².